The van der Waals surface area contributed by atoms with Gasteiger partial charge in [0.2, 0.25) is 5.95 Å². The maximum atomic E-state index is 13.8. The molecule has 0 saturated carbocycles. The van der Waals surface area contributed by atoms with E-state index in [4.69, 9.17) is 9.47 Å². The summed E-state index contributed by atoms with van der Waals surface area (Å²) in [6.45, 7) is 6.19. The lowest BCUT2D eigenvalue weighted by Gasteiger charge is -2.29. The summed E-state index contributed by atoms with van der Waals surface area (Å²) in [7, 11) is 1.58. The Bertz CT molecular complexity index is 1580. The molecule has 0 spiro atoms. The van der Waals surface area contributed by atoms with Crippen molar-refractivity contribution >= 4 is 49.4 Å². The zero-order valence-electron chi connectivity index (χ0n) is 21.8. The summed E-state index contributed by atoms with van der Waals surface area (Å²) in [5, 5.41) is 18.4. The number of allylic oxidation sites excluding steroid dienone is 1. The van der Waals surface area contributed by atoms with E-state index in [1.54, 1.807) is 11.8 Å². The van der Waals surface area contributed by atoms with Crippen LogP contribution in [0, 0.1) is 13.8 Å². The van der Waals surface area contributed by atoms with E-state index in [9.17, 15) is 4.79 Å². The molecule has 9 nitrogen and oxygen atoms in total. The van der Waals surface area contributed by atoms with E-state index in [1.807, 2.05) is 75.4 Å². The highest BCUT2D eigenvalue weighted by molar-refractivity contribution is 9.10. The molecule has 5 rings (SSSR count). The van der Waals surface area contributed by atoms with Crippen molar-refractivity contribution in [2.45, 2.75) is 33.4 Å². The van der Waals surface area contributed by atoms with E-state index in [0.29, 0.717) is 39.8 Å². The van der Waals surface area contributed by atoms with Crippen LogP contribution in [0.3, 0.4) is 0 Å². The van der Waals surface area contributed by atoms with Gasteiger partial charge in [-0.1, -0.05) is 45.3 Å². The van der Waals surface area contributed by atoms with Crippen molar-refractivity contribution in [2.75, 3.05) is 17.7 Å². The van der Waals surface area contributed by atoms with Gasteiger partial charge in [-0.25, -0.2) is 0 Å². The Morgan fingerprint density at radius 1 is 1.10 bits per heavy atom. The van der Waals surface area contributed by atoms with Crippen LogP contribution in [0.25, 0.3) is 0 Å². The Balaban J connectivity index is 1.52. The fraction of sp³-hybridized carbons (Fsp3) is 0.214. The van der Waals surface area contributed by atoms with E-state index < -0.39 is 6.04 Å². The van der Waals surface area contributed by atoms with Crippen LogP contribution in [0.1, 0.15) is 35.2 Å². The maximum Gasteiger partial charge on any atom is 0.255 e. The molecule has 0 saturated heterocycles. The molecule has 0 radical (unpaired) electrons. The topological polar surface area (TPSA) is 103 Å². The van der Waals surface area contributed by atoms with Crippen molar-refractivity contribution in [2.24, 2.45) is 0 Å². The van der Waals surface area contributed by atoms with E-state index in [2.05, 4.69) is 58.0 Å². The molecule has 200 valence electrons. The van der Waals surface area contributed by atoms with Gasteiger partial charge in [-0.15, -0.1) is 0 Å². The van der Waals surface area contributed by atoms with Crippen LogP contribution in [0.5, 0.6) is 11.5 Å². The fourth-order valence-electron chi connectivity index (χ4n) is 4.46. The SMILES string of the molecule is COc1cc(C2C(C(=O)Nc3cccc(C)c3C)=C(C)Nc3nnnn32)cc(Br)c1OCc1ccc(Br)cc1. The van der Waals surface area contributed by atoms with Gasteiger partial charge >= 0.3 is 0 Å². The molecule has 1 unspecified atom stereocenters. The van der Waals surface area contributed by atoms with Crippen molar-refractivity contribution in [1.29, 1.82) is 0 Å². The van der Waals surface area contributed by atoms with Gasteiger partial charge in [0, 0.05) is 15.9 Å². The van der Waals surface area contributed by atoms with Crippen LogP contribution in [0.4, 0.5) is 11.6 Å². The Morgan fingerprint density at radius 2 is 1.87 bits per heavy atom. The highest BCUT2D eigenvalue weighted by atomic mass is 79.9. The predicted molar refractivity (Wildman–Crippen MR) is 156 cm³/mol. The number of ether oxygens (including phenoxy) is 2. The van der Waals surface area contributed by atoms with Crippen LogP contribution in [-0.4, -0.2) is 33.2 Å². The average Bonchev–Trinajstić information content (AvgIpc) is 3.38. The number of anilines is 2. The summed E-state index contributed by atoms with van der Waals surface area (Å²) < 4.78 is 15.1. The van der Waals surface area contributed by atoms with E-state index in [1.165, 1.54) is 0 Å². The molecule has 0 fully saturated rings. The molecule has 4 aromatic rings. The molecule has 0 aliphatic carbocycles. The molecule has 3 aromatic carbocycles. The number of hydrogen-bond acceptors (Lipinski definition) is 7. The number of benzene rings is 3. The molecule has 1 aliphatic heterocycles. The maximum absolute atomic E-state index is 13.8. The normalized spacial score (nSPS) is 14.5. The molecule has 2 heterocycles. The minimum absolute atomic E-state index is 0.259. The monoisotopic (exact) mass is 652 g/mol. The number of fused-ring (bicyclic) bond motifs is 1. The number of carbonyl (C=O) groups excluding carboxylic acids is 1. The third-order valence-electron chi connectivity index (χ3n) is 6.68. The lowest BCUT2D eigenvalue weighted by molar-refractivity contribution is -0.113. The first-order chi connectivity index (χ1) is 18.8. The molecular formula is C28H26Br2N6O3. The van der Waals surface area contributed by atoms with Gasteiger partial charge < -0.3 is 20.1 Å². The predicted octanol–water partition coefficient (Wildman–Crippen LogP) is 6.33. The third-order valence-corrected chi connectivity index (χ3v) is 7.79. The third kappa shape index (κ3) is 5.41. The second-order valence-corrected chi connectivity index (χ2v) is 10.9. The summed E-state index contributed by atoms with van der Waals surface area (Å²) in [5.74, 6) is 1.24. The Kier molecular flexibility index (Phi) is 7.72. The number of aromatic nitrogens is 4. The van der Waals surface area contributed by atoms with Gasteiger partial charge in [-0.2, -0.15) is 4.68 Å². The summed E-state index contributed by atoms with van der Waals surface area (Å²) in [4.78, 5) is 13.8. The van der Waals surface area contributed by atoms with Crippen LogP contribution >= 0.6 is 31.9 Å². The van der Waals surface area contributed by atoms with Gasteiger partial charge in [0.1, 0.15) is 12.6 Å². The number of amides is 1. The highest BCUT2D eigenvalue weighted by Crippen LogP contribution is 2.43. The summed E-state index contributed by atoms with van der Waals surface area (Å²) >= 11 is 7.11. The molecule has 2 N–H and O–H groups in total. The second kappa shape index (κ2) is 11.2. The number of hydrogen-bond donors (Lipinski definition) is 2. The van der Waals surface area contributed by atoms with Crippen molar-refractivity contribution < 1.29 is 14.3 Å². The van der Waals surface area contributed by atoms with Crippen LogP contribution in [0.2, 0.25) is 0 Å². The summed E-state index contributed by atoms with van der Waals surface area (Å²) in [6, 6.07) is 16.9. The molecule has 1 atom stereocenters. The number of rotatable bonds is 7. The van der Waals surface area contributed by atoms with Crippen LogP contribution in [0.15, 0.2) is 74.8 Å². The number of halogens is 2. The zero-order chi connectivity index (χ0) is 27.7. The summed E-state index contributed by atoms with van der Waals surface area (Å²) in [5.41, 5.74) is 5.73. The van der Waals surface area contributed by atoms with E-state index in [0.717, 1.165) is 32.4 Å². The fourth-order valence-corrected chi connectivity index (χ4v) is 5.30. The first-order valence-electron chi connectivity index (χ1n) is 12.1. The highest BCUT2D eigenvalue weighted by Gasteiger charge is 2.35. The van der Waals surface area contributed by atoms with Gasteiger partial charge in [-0.3, -0.25) is 4.79 Å². The van der Waals surface area contributed by atoms with Crippen molar-refractivity contribution in [3.63, 3.8) is 0 Å². The Labute approximate surface area is 242 Å². The minimum Gasteiger partial charge on any atom is -0.493 e. The number of nitrogens with zero attached hydrogens (tertiary/aromatic N) is 4. The number of carbonyl (C=O) groups is 1. The van der Waals surface area contributed by atoms with E-state index in [-0.39, 0.29) is 5.91 Å². The van der Waals surface area contributed by atoms with Crippen LogP contribution < -0.4 is 20.1 Å². The first kappa shape index (κ1) is 26.9. The Morgan fingerprint density at radius 3 is 2.62 bits per heavy atom. The molecule has 1 aliphatic rings. The van der Waals surface area contributed by atoms with E-state index >= 15 is 0 Å². The van der Waals surface area contributed by atoms with Crippen molar-refractivity contribution in [3.05, 3.63) is 97.1 Å². The number of nitrogens with one attached hydrogen (secondary N) is 2. The molecule has 1 aromatic heterocycles. The zero-order valence-corrected chi connectivity index (χ0v) is 24.9. The van der Waals surface area contributed by atoms with Crippen molar-refractivity contribution in [3.8, 4) is 11.5 Å². The van der Waals surface area contributed by atoms with Gasteiger partial charge in [0.15, 0.2) is 11.5 Å². The standard InChI is InChI=1S/C28H26Br2N6O3/c1-15-6-5-7-22(16(15)2)32-27(37)24-17(3)31-28-33-34-35-36(28)25(24)19-12-21(30)26(23(13-19)38-4)39-14-18-8-10-20(29)11-9-18/h5-13,25H,14H2,1-4H3,(H,32,37)(H,31,33,35). The largest absolute Gasteiger partial charge is 0.493 e. The first-order valence-corrected chi connectivity index (χ1v) is 13.7. The van der Waals surface area contributed by atoms with Gasteiger partial charge in [-0.05, 0) is 99.7 Å². The molecule has 0 bridgehead atoms. The van der Waals surface area contributed by atoms with Crippen molar-refractivity contribution in [1.82, 2.24) is 20.2 Å². The second-order valence-electron chi connectivity index (χ2n) is 9.16. The number of methoxy groups -OCH3 is 1. The molecule has 39 heavy (non-hydrogen) atoms. The van der Waals surface area contributed by atoms with Gasteiger partial charge in [0.05, 0.1) is 17.2 Å². The molecule has 11 heteroatoms. The quantitative estimate of drug-likeness (QED) is 0.240. The molecule has 1 amide bonds. The van der Waals surface area contributed by atoms with Gasteiger partial charge in [0.25, 0.3) is 5.91 Å². The van der Waals surface area contributed by atoms with Crippen LogP contribution in [-0.2, 0) is 11.4 Å². The Hall–Kier alpha value is -3.70. The minimum atomic E-state index is -0.618. The average molecular weight is 654 g/mol. The molecular weight excluding hydrogens is 628 g/mol. The number of aryl methyl sites for hydroxylation is 1. The number of tetrazole rings is 1. The lowest BCUT2D eigenvalue weighted by Crippen LogP contribution is -2.31. The lowest BCUT2D eigenvalue weighted by atomic mass is 9.94. The summed E-state index contributed by atoms with van der Waals surface area (Å²) in [6.07, 6.45) is 0. The smallest absolute Gasteiger partial charge is 0.255 e.